The average molecular weight is 719 g/mol. The van der Waals surface area contributed by atoms with Gasteiger partial charge in [-0.3, -0.25) is 4.79 Å². The van der Waals surface area contributed by atoms with E-state index in [1.54, 1.807) is 0 Å². The molecule has 1 heterocycles. The van der Waals surface area contributed by atoms with E-state index < -0.39 is 55.6 Å². The van der Waals surface area contributed by atoms with Crippen LogP contribution in [-0.2, 0) is 14.3 Å². The molecule has 1 rings (SSSR count). The van der Waals surface area contributed by atoms with E-state index in [2.05, 4.69) is 24.5 Å². The van der Waals surface area contributed by atoms with Crippen LogP contribution in [0.2, 0.25) is 0 Å². The number of hydrogen-bond donors (Lipinski definition) is 8. The monoisotopic (exact) mass is 719 g/mol. The number of hydrogen-bond acceptors (Lipinski definition) is 10. The molecule has 0 aliphatic carbocycles. The molecule has 1 aliphatic rings. The molecule has 11 nitrogen and oxygen atoms in total. The van der Waals surface area contributed by atoms with Gasteiger partial charge in [0.05, 0.1) is 31.9 Å². The zero-order valence-corrected chi connectivity index (χ0v) is 31.8. The molecule has 2 unspecified atom stereocenters. The predicted molar refractivity (Wildman–Crippen MR) is 199 cm³/mol. The van der Waals surface area contributed by atoms with Crippen molar-refractivity contribution in [2.45, 2.75) is 217 Å². The second-order valence-electron chi connectivity index (χ2n) is 14.7. The Bertz CT molecular complexity index is 778. The van der Waals surface area contributed by atoms with Crippen molar-refractivity contribution in [3.8, 4) is 0 Å². The van der Waals surface area contributed by atoms with E-state index in [0.717, 1.165) is 38.5 Å². The SMILES string of the molecule is CCCCCCCCCCCCCC[C@@H](O)[C@@H](O)[C@H](CO[C@H]1OC(CO)[C@H](O)[C@H](O)C1O)NC(=O)CNCCCCCCCCCCCCC. The summed E-state index contributed by atoms with van der Waals surface area (Å²) >= 11 is 0. The second-order valence-corrected chi connectivity index (χ2v) is 14.7. The number of ether oxygens (including phenoxy) is 2. The number of amides is 1. The van der Waals surface area contributed by atoms with Crippen LogP contribution >= 0.6 is 0 Å². The molecule has 11 heteroatoms. The minimum absolute atomic E-state index is 0.0376. The van der Waals surface area contributed by atoms with E-state index in [0.29, 0.717) is 13.0 Å². The highest BCUT2D eigenvalue weighted by Crippen LogP contribution is 2.23. The molecule has 8 atom stereocenters. The number of unbranched alkanes of at least 4 members (excludes halogenated alkanes) is 21. The van der Waals surface area contributed by atoms with Crippen molar-refractivity contribution in [3.05, 3.63) is 0 Å². The molecule has 0 aromatic carbocycles. The van der Waals surface area contributed by atoms with Gasteiger partial charge in [0.1, 0.15) is 30.5 Å². The van der Waals surface area contributed by atoms with E-state index in [1.807, 2.05) is 0 Å². The first-order valence-corrected chi connectivity index (χ1v) is 20.5. The van der Waals surface area contributed by atoms with Crippen LogP contribution in [-0.4, -0.2) is 112 Å². The third-order valence-electron chi connectivity index (χ3n) is 10.0. The Labute approximate surface area is 304 Å². The summed E-state index contributed by atoms with van der Waals surface area (Å²) in [7, 11) is 0. The third-order valence-corrected chi connectivity index (χ3v) is 10.0. The largest absolute Gasteiger partial charge is 0.394 e. The van der Waals surface area contributed by atoms with Crippen LogP contribution in [0.25, 0.3) is 0 Å². The number of nitrogens with one attached hydrogen (secondary N) is 2. The predicted octanol–water partition coefficient (Wildman–Crippen LogP) is 5.00. The number of aliphatic hydroxyl groups is 6. The Morgan fingerprint density at radius 1 is 0.660 bits per heavy atom. The molecule has 0 spiro atoms. The number of aliphatic hydroxyl groups excluding tert-OH is 6. The Hall–Kier alpha value is -0.890. The summed E-state index contributed by atoms with van der Waals surface area (Å²) < 4.78 is 11.1. The van der Waals surface area contributed by atoms with Crippen LogP contribution in [0, 0.1) is 0 Å². The van der Waals surface area contributed by atoms with Crippen molar-refractivity contribution < 1.29 is 44.9 Å². The van der Waals surface area contributed by atoms with Crippen molar-refractivity contribution in [1.82, 2.24) is 10.6 Å². The van der Waals surface area contributed by atoms with Crippen molar-refractivity contribution in [3.63, 3.8) is 0 Å². The molecule has 1 amide bonds. The van der Waals surface area contributed by atoms with Crippen LogP contribution in [0.4, 0.5) is 0 Å². The molecule has 1 saturated heterocycles. The zero-order chi connectivity index (χ0) is 36.8. The summed E-state index contributed by atoms with van der Waals surface area (Å²) in [6, 6.07) is -1.02. The first-order chi connectivity index (χ1) is 24.3. The number of carbonyl (C=O) groups is 1. The molecule has 0 aromatic heterocycles. The number of carbonyl (C=O) groups excluding carboxylic acids is 1. The van der Waals surface area contributed by atoms with E-state index in [-0.39, 0.29) is 19.1 Å². The van der Waals surface area contributed by atoms with Crippen LogP contribution in [0.1, 0.15) is 168 Å². The standard InChI is InChI=1S/C39H78N2O9/c1-3-5-7-9-11-13-15-16-18-20-22-24-26-32(43)35(45)31(30-49-39-38(48)37(47)36(46)33(29-42)50-39)41-34(44)28-40-27-25-23-21-19-17-14-12-10-8-6-4-2/h31-33,35-40,42-43,45-48H,3-30H2,1-2H3,(H,41,44)/t31-,32+,33?,35-,36-,37-,38?,39-/m0/s1. The van der Waals surface area contributed by atoms with Gasteiger partial charge in [0.25, 0.3) is 0 Å². The normalized spacial score (nSPS) is 22.8. The highest BCUT2D eigenvalue weighted by molar-refractivity contribution is 5.78. The highest BCUT2D eigenvalue weighted by Gasteiger charge is 2.44. The van der Waals surface area contributed by atoms with Crippen molar-refractivity contribution >= 4 is 5.91 Å². The molecular weight excluding hydrogens is 640 g/mol. The maximum atomic E-state index is 12.9. The first kappa shape index (κ1) is 47.1. The minimum Gasteiger partial charge on any atom is -0.394 e. The van der Waals surface area contributed by atoms with Gasteiger partial charge in [-0.05, 0) is 19.4 Å². The summed E-state index contributed by atoms with van der Waals surface area (Å²) in [5.74, 6) is -0.368. The van der Waals surface area contributed by atoms with Gasteiger partial charge in [-0.2, -0.15) is 0 Å². The lowest BCUT2D eigenvalue weighted by atomic mass is 9.98. The Kier molecular flexibility index (Phi) is 29.8. The Balaban J connectivity index is 2.46. The van der Waals surface area contributed by atoms with E-state index in [1.165, 1.54) is 109 Å². The van der Waals surface area contributed by atoms with Gasteiger partial charge in [0.15, 0.2) is 6.29 Å². The summed E-state index contributed by atoms with van der Waals surface area (Å²) in [5.41, 5.74) is 0. The van der Waals surface area contributed by atoms with Gasteiger partial charge in [-0.1, -0.05) is 155 Å². The lowest BCUT2D eigenvalue weighted by Gasteiger charge is -2.40. The molecule has 1 fully saturated rings. The van der Waals surface area contributed by atoms with Gasteiger partial charge < -0.3 is 50.7 Å². The van der Waals surface area contributed by atoms with E-state index >= 15 is 0 Å². The molecule has 0 radical (unpaired) electrons. The van der Waals surface area contributed by atoms with Crippen LogP contribution in [0.15, 0.2) is 0 Å². The molecule has 50 heavy (non-hydrogen) atoms. The summed E-state index contributed by atoms with van der Waals surface area (Å²) in [6.45, 7) is 4.27. The van der Waals surface area contributed by atoms with Gasteiger partial charge in [0, 0.05) is 0 Å². The first-order valence-electron chi connectivity index (χ1n) is 20.5. The molecule has 0 aromatic rings. The Morgan fingerprint density at radius 2 is 1.12 bits per heavy atom. The lowest BCUT2D eigenvalue weighted by Crippen LogP contribution is -2.60. The maximum Gasteiger partial charge on any atom is 0.234 e. The van der Waals surface area contributed by atoms with Gasteiger partial charge in [-0.25, -0.2) is 0 Å². The third kappa shape index (κ3) is 22.2. The second kappa shape index (κ2) is 31.6. The quantitative estimate of drug-likeness (QED) is 0.0422. The molecule has 1 aliphatic heterocycles. The minimum atomic E-state index is -1.61. The molecule has 0 saturated carbocycles. The van der Waals surface area contributed by atoms with Gasteiger partial charge in [-0.15, -0.1) is 0 Å². The fourth-order valence-corrected chi connectivity index (χ4v) is 6.64. The van der Waals surface area contributed by atoms with Gasteiger partial charge >= 0.3 is 0 Å². The van der Waals surface area contributed by atoms with E-state index in [9.17, 15) is 35.4 Å². The summed E-state index contributed by atoms with van der Waals surface area (Å²) in [4.78, 5) is 12.9. The maximum absolute atomic E-state index is 12.9. The molecular formula is C39H78N2O9. The zero-order valence-electron chi connectivity index (χ0n) is 31.8. The topological polar surface area (TPSA) is 181 Å². The molecule has 298 valence electrons. The molecule has 0 bridgehead atoms. The van der Waals surface area contributed by atoms with Crippen LogP contribution in [0.5, 0.6) is 0 Å². The highest BCUT2D eigenvalue weighted by atomic mass is 16.7. The summed E-state index contributed by atoms with van der Waals surface area (Å²) in [5, 5.41) is 67.9. The van der Waals surface area contributed by atoms with Crippen LogP contribution in [0.3, 0.4) is 0 Å². The van der Waals surface area contributed by atoms with Crippen molar-refractivity contribution in [2.75, 3.05) is 26.3 Å². The molecule has 8 N–H and O–H groups in total. The fraction of sp³-hybridized carbons (Fsp3) is 0.974. The summed E-state index contributed by atoms with van der Waals surface area (Å²) in [6.07, 6.45) is 18.6. The van der Waals surface area contributed by atoms with Crippen LogP contribution < -0.4 is 10.6 Å². The van der Waals surface area contributed by atoms with Crippen molar-refractivity contribution in [2.24, 2.45) is 0 Å². The smallest absolute Gasteiger partial charge is 0.234 e. The Morgan fingerprint density at radius 3 is 1.60 bits per heavy atom. The number of rotatable bonds is 34. The van der Waals surface area contributed by atoms with Crippen molar-refractivity contribution in [1.29, 1.82) is 0 Å². The lowest BCUT2D eigenvalue weighted by molar-refractivity contribution is -0.303. The van der Waals surface area contributed by atoms with E-state index in [4.69, 9.17) is 9.47 Å². The average Bonchev–Trinajstić information content (AvgIpc) is 3.11. The fourth-order valence-electron chi connectivity index (χ4n) is 6.64. The van der Waals surface area contributed by atoms with Gasteiger partial charge in [0.2, 0.25) is 5.91 Å².